The van der Waals surface area contributed by atoms with E-state index in [4.69, 9.17) is 16.3 Å². The number of rotatable bonds is 6. The quantitative estimate of drug-likeness (QED) is 0.766. The Labute approximate surface area is 150 Å². The van der Waals surface area contributed by atoms with E-state index in [-0.39, 0.29) is 10.7 Å². The molecule has 0 aliphatic heterocycles. The van der Waals surface area contributed by atoms with Crippen LogP contribution in [0.5, 0.6) is 0 Å². The van der Waals surface area contributed by atoms with E-state index >= 15 is 0 Å². The zero-order valence-electron chi connectivity index (χ0n) is 14.0. The van der Waals surface area contributed by atoms with E-state index in [1.165, 1.54) is 19.1 Å². The molecular weight excluding hydrogens is 345 g/mol. The molecule has 2 aromatic rings. The molecule has 1 N–H and O–H groups in total. The van der Waals surface area contributed by atoms with Crippen molar-refractivity contribution in [2.75, 3.05) is 5.32 Å². The summed E-state index contributed by atoms with van der Waals surface area (Å²) in [7, 11) is 0. The van der Waals surface area contributed by atoms with E-state index < -0.39 is 29.7 Å². The molecule has 25 heavy (non-hydrogen) atoms. The van der Waals surface area contributed by atoms with Crippen LogP contribution in [0, 0.1) is 5.82 Å². The van der Waals surface area contributed by atoms with Crippen molar-refractivity contribution in [1.82, 2.24) is 0 Å². The lowest BCUT2D eigenvalue weighted by Crippen LogP contribution is -2.31. The second-order valence-corrected chi connectivity index (χ2v) is 5.97. The fourth-order valence-electron chi connectivity index (χ4n) is 2.36. The van der Waals surface area contributed by atoms with Crippen molar-refractivity contribution in [3.63, 3.8) is 0 Å². The highest BCUT2D eigenvalue weighted by molar-refractivity contribution is 6.33. The minimum absolute atomic E-state index is 0.0718. The average molecular weight is 364 g/mol. The zero-order chi connectivity index (χ0) is 18.4. The van der Waals surface area contributed by atoms with Gasteiger partial charge in [-0.3, -0.25) is 9.59 Å². The van der Waals surface area contributed by atoms with Gasteiger partial charge in [0, 0.05) is 0 Å². The Morgan fingerprint density at radius 3 is 2.48 bits per heavy atom. The molecule has 0 radical (unpaired) electrons. The van der Waals surface area contributed by atoms with Crippen molar-refractivity contribution < 1.29 is 18.7 Å². The minimum atomic E-state index is -1.01. The summed E-state index contributed by atoms with van der Waals surface area (Å²) in [4.78, 5) is 24.6. The molecule has 1 amide bonds. The second-order valence-electron chi connectivity index (χ2n) is 5.56. The number of hydrogen-bond donors (Lipinski definition) is 1. The van der Waals surface area contributed by atoms with Gasteiger partial charge in [-0.15, -0.1) is 0 Å². The normalized spacial score (nSPS) is 13.0. The van der Waals surface area contributed by atoms with Gasteiger partial charge >= 0.3 is 5.97 Å². The topological polar surface area (TPSA) is 55.4 Å². The van der Waals surface area contributed by atoms with Crippen LogP contribution in [0.2, 0.25) is 5.02 Å². The molecule has 0 bridgehead atoms. The highest BCUT2D eigenvalue weighted by atomic mass is 35.5. The standard InChI is InChI=1S/C19H19ClFNO3/c1-3-15(13-7-5-4-6-8-13)19(24)25-12(2)18(23)22-17-10-9-14(21)11-16(17)20/h4-12,15H,3H2,1-2H3,(H,22,23)/t12-,15+/m0/s1. The van der Waals surface area contributed by atoms with Crippen LogP contribution in [0.3, 0.4) is 0 Å². The zero-order valence-corrected chi connectivity index (χ0v) is 14.7. The molecular formula is C19H19ClFNO3. The van der Waals surface area contributed by atoms with Crippen LogP contribution in [0.1, 0.15) is 31.7 Å². The van der Waals surface area contributed by atoms with Gasteiger partial charge in [-0.2, -0.15) is 0 Å². The van der Waals surface area contributed by atoms with E-state index in [0.29, 0.717) is 6.42 Å². The SMILES string of the molecule is CC[C@@H](C(=O)O[C@@H](C)C(=O)Nc1ccc(F)cc1Cl)c1ccccc1. The van der Waals surface area contributed by atoms with Gasteiger partial charge in [0.15, 0.2) is 6.10 Å². The van der Waals surface area contributed by atoms with E-state index in [9.17, 15) is 14.0 Å². The maximum Gasteiger partial charge on any atom is 0.314 e. The van der Waals surface area contributed by atoms with E-state index in [1.54, 1.807) is 0 Å². The Balaban J connectivity index is 2.01. The molecule has 2 rings (SSSR count). The fourth-order valence-corrected chi connectivity index (χ4v) is 2.57. The van der Waals surface area contributed by atoms with Crippen molar-refractivity contribution in [3.8, 4) is 0 Å². The summed E-state index contributed by atoms with van der Waals surface area (Å²) < 4.78 is 18.3. The first-order valence-corrected chi connectivity index (χ1v) is 8.31. The molecule has 132 valence electrons. The third-order valence-corrected chi connectivity index (χ3v) is 4.06. The summed E-state index contributed by atoms with van der Waals surface area (Å²) in [5.41, 5.74) is 1.09. The van der Waals surface area contributed by atoms with Crippen LogP contribution in [0.4, 0.5) is 10.1 Å². The molecule has 0 aromatic heterocycles. The number of amides is 1. The highest BCUT2D eigenvalue weighted by Crippen LogP contribution is 2.24. The van der Waals surface area contributed by atoms with Crippen LogP contribution in [-0.4, -0.2) is 18.0 Å². The summed E-state index contributed by atoms with van der Waals surface area (Å²) in [6.07, 6.45) is -0.451. The summed E-state index contributed by atoms with van der Waals surface area (Å²) >= 11 is 5.87. The van der Waals surface area contributed by atoms with E-state index in [0.717, 1.165) is 11.6 Å². The molecule has 0 heterocycles. The van der Waals surface area contributed by atoms with Gasteiger partial charge in [0.1, 0.15) is 5.82 Å². The minimum Gasteiger partial charge on any atom is -0.452 e. The van der Waals surface area contributed by atoms with Gasteiger partial charge in [-0.1, -0.05) is 48.9 Å². The van der Waals surface area contributed by atoms with Crippen molar-refractivity contribution in [1.29, 1.82) is 0 Å². The average Bonchev–Trinajstić information content (AvgIpc) is 2.58. The Bertz CT molecular complexity index is 752. The smallest absolute Gasteiger partial charge is 0.314 e. The number of carbonyl (C=O) groups is 2. The Morgan fingerprint density at radius 1 is 1.20 bits per heavy atom. The molecule has 0 saturated heterocycles. The number of nitrogens with one attached hydrogen (secondary N) is 1. The van der Waals surface area contributed by atoms with Gasteiger partial charge in [0.2, 0.25) is 0 Å². The second kappa shape index (κ2) is 8.62. The third kappa shape index (κ3) is 5.03. The van der Waals surface area contributed by atoms with Gasteiger partial charge in [-0.25, -0.2) is 4.39 Å². The monoisotopic (exact) mass is 363 g/mol. The molecule has 6 heteroatoms. The molecule has 4 nitrogen and oxygen atoms in total. The van der Waals surface area contributed by atoms with Crippen LogP contribution in [0.15, 0.2) is 48.5 Å². The Kier molecular flexibility index (Phi) is 6.53. The number of halogens is 2. The lowest BCUT2D eigenvalue weighted by molar-refractivity contribution is -0.154. The van der Waals surface area contributed by atoms with Gasteiger partial charge in [0.05, 0.1) is 16.6 Å². The predicted octanol–water partition coefficient (Wildman–Crippen LogP) is 4.54. The largest absolute Gasteiger partial charge is 0.452 e. The molecule has 2 atom stereocenters. The Morgan fingerprint density at radius 2 is 1.88 bits per heavy atom. The number of hydrogen-bond acceptors (Lipinski definition) is 3. The Hall–Kier alpha value is -2.40. The number of carbonyl (C=O) groups excluding carboxylic acids is 2. The third-order valence-electron chi connectivity index (χ3n) is 3.75. The van der Waals surface area contributed by atoms with Gasteiger partial charge in [-0.05, 0) is 37.1 Å². The first-order chi connectivity index (χ1) is 11.9. The highest BCUT2D eigenvalue weighted by Gasteiger charge is 2.25. The molecule has 0 saturated carbocycles. The van der Waals surface area contributed by atoms with Crippen molar-refractivity contribution in [2.45, 2.75) is 32.3 Å². The molecule has 0 unspecified atom stereocenters. The molecule has 0 aliphatic carbocycles. The molecule has 0 fully saturated rings. The first-order valence-electron chi connectivity index (χ1n) is 7.93. The summed E-state index contributed by atoms with van der Waals surface area (Å²) in [5, 5.41) is 2.60. The van der Waals surface area contributed by atoms with Crippen molar-refractivity contribution >= 4 is 29.2 Å². The maximum absolute atomic E-state index is 13.0. The maximum atomic E-state index is 13.0. The van der Waals surface area contributed by atoms with Crippen LogP contribution in [-0.2, 0) is 14.3 Å². The summed E-state index contributed by atoms with van der Waals surface area (Å²) in [5.74, 6) is -1.95. The van der Waals surface area contributed by atoms with Crippen LogP contribution in [0.25, 0.3) is 0 Å². The van der Waals surface area contributed by atoms with Crippen molar-refractivity contribution in [3.05, 3.63) is 64.9 Å². The summed E-state index contributed by atoms with van der Waals surface area (Å²) in [6, 6.07) is 12.9. The fraction of sp³-hybridized carbons (Fsp3) is 0.263. The van der Waals surface area contributed by atoms with Gasteiger partial charge < -0.3 is 10.1 Å². The van der Waals surface area contributed by atoms with Gasteiger partial charge in [0.25, 0.3) is 5.91 Å². The van der Waals surface area contributed by atoms with Crippen molar-refractivity contribution in [2.24, 2.45) is 0 Å². The number of ether oxygens (including phenoxy) is 1. The number of esters is 1. The molecule has 0 spiro atoms. The van der Waals surface area contributed by atoms with Crippen LogP contribution < -0.4 is 5.32 Å². The number of anilines is 1. The van der Waals surface area contributed by atoms with E-state index in [2.05, 4.69) is 5.32 Å². The molecule has 0 aliphatic rings. The first kappa shape index (κ1) is 18.9. The summed E-state index contributed by atoms with van der Waals surface area (Å²) in [6.45, 7) is 3.35. The van der Waals surface area contributed by atoms with E-state index in [1.807, 2.05) is 37.3 Å². The lowest BCUT2D eigenvalue weighted by atomic mass is 9.97. The predicted molar refractivity (Wildman–Crippen MR) is 95.1 cm³/mol. The lowest BCUT2D eigenvalue weighted by Gasteiger charge is -2.19. The number of benzene rings is 2. The molecule has 2 aromatic carbocycles. The van der Waals surface area contributed by atoms with Crippen LogP contribution >= 0.6 is 11.6 Å².